The van der Waals surface area contributed by atoms with Crippen molar-refractivity contribution in [2.75, 3.05) is 11.5 Å². The van der Waals surface area contributed by atoms with Crippen LogP contribution in [0, 0.1) is 0 Å². The Hall–Kier alpha value is -1.27. The second kappa shape index (κ2) is 4.68. The zero-order valence-electron chi connectivity index (χ0n) is 10.3. The summed E-state index contributed by atoms with van der Waals surface area (Å²) >= 11 is 5.89. The largest absolute Gasteiger partial charge is 0.508 e. The van der Waals surface area contributed by atoms with Crippen LogP contribution in [-0.4, -0.2) is 36.5 Å². The predicted octanol–water partition coefficient (Wildman–Crippen LogP) is 1.35. The van der Waals surface area contributed by atoms with E-state index in [2.05, 4.69) is 5.32 Å². The minimum absolute atomic E-state index is 0.0670. The monoisotopic (exact) mass is 303 g/mol. The number of rotatable bonds is 2. The first-order valence-corrected chi connectivity index (χ1v) is 7.92. The van der Waals surface area contributed by atoms with Crippen molar-refractivity contribution < 1.29 is 18.3 Å². The highest BCUT2D eigenvalue weighted by Gasteiger charge is 2.39. The molecule has 1 aliphatic heterocycles. The van der Waals surface area contributed by atoms with Crippen LogP contribution < -0.4 is 5.32 Å². The highest BCUT2D eigenvalue weighted by atomic mass is 35.5. The van der Waals surface area contributed by atoms with Crippen molar-refractivity contribution in [2.45, 2.75) is 18.9 Å². The van der Waals surface area contributed by atoms with E-state index in [9.17, 15) is 18.3 Å². The maximum Gasteiger partial charge on any atom is 0.253 e. The minimum atomic E-state index is -3.10. The summed E-state index contributed by atoms with van der Waals surface area (Å²) in [4.78, 5) is 12.1. The minimum Gasteiger partial charge on any atom is -0.508 e. The van der Waals surface area contributed by atoms with Gasteiger partial charge in [0, 0.05) is 0 Å². The smallest absolute Gasteiger partial charge is 0.253 e. The van der Waals surface area contributed by atoms with Gasteiger partial charge in [-0.1, -0.05) is 11.6 Å². The number of benzene rings is 1. The fraction of sp³-hybridized carbons (Fsp3) is 0.417. The van der Waals surface area contributed by atoms with Gasteiger partial charge in [0.2, 0.25) is 0 Å². The third-order valence-corrected chi connectivity index (χ3v) is 5.35. The third kappa shape index (κ3) is 3.19. The second-order valence-corrected chi connectivity index (χ2v) is 7.61. The molecule has 1 aromatic rings. The number of halogens is 1. The van der Waals surface area contributed by atoms with Gasteiger partial charge in [-0.25, -0.2) is 8.42 Å². The molecule has 1 saturated heterocycles. The highest BCUT2D eigenvalue weighted by Crippen LogP contribution is 2.25. The number of hydrogen-bond donors (Lipinski definition) is 2. The fourth-order valence-corrected chi connectivity index (χ4v) is 4.43. The van der Waals surface area contributed by atoms with Crippen molar-refractivity contribution in [3.63, 3.8) is 0 Å². The maximum absolute atomic E-state index is 12.1. The number of phenolic OH excluding ortho intramolecular Hbond substituents is 1. The van der Waals surface area contributed by atoms with Crippen LogP contribution in [0.25, 0.3) is 0 Å². The van der Waals surface area contributed by atoms with E-state index in [1.165, 1.54) is 18.2 Å². The zero-order chi connectivity index (χ0) is 14.3. The van der Waals surface area contributed by atoms with E-state index in [0.717, 1.165) is 0 Å². The van der Waals surface area contributed by atoms with Crippen LogP contribution in [0.15, 0.2) is 18.2 Å². The van der Waals surface area contributed by atoms with Crippen LogP contribution >= 0.6 is 11.6 Å². The van der Waals surface area contributed by atoms with Crippen LogP contribution in [0.3, 0.4) is 0 Å². The van der Waals surface area contributed by atoms with Gasteiger partial charge in [-0.2, -0.15) is 0 Å². The molecule has 1 aliphatic rings. The molecule has 2 N–H and O–H groups in total. The number of hydrogen-bond acceptors (Lipinski definition) is 4. The lowest BCUT2D eigenvalue weighted by Gasteiger charge is -2.24. The third-order valence-electron chi connectivity index (χ3n) is 3.11. The Morgan fingerprint density at radius 1 is 1.47 bits per heavy atom. The van der Waals surface area contributed by atoms with Crippen molar-refractivity contribution in [1.82, 2.24) is 5.32 Å². The van der Waals surface area contributed by atoms with Crippen LogP contribution in [0.5, 0.6) is 5.75 Å². The lowest BCUT2D eigenvalue weighted by molar-refractivity contribution is 0.0915. The van der Waals surface area contributed by atoms with Crippen molar-refractivity contribution in [1.29, 1.82) is 0 Å². The van der Waals surface area contributed by atoms with Crippen molar-refractivity contribution >= 4 is 27.3 Å². The molecular weight excluding hydrogens is 290 g/mol. The number of phenols is 1. The summed E-state index contributed by atoms with van der Waals surface area (Å²) in [5, 5.41) is 12.2. The van der Waals surface area contributed by atoms with Crippen molar-refractivity contribution in [2.24, 2.45) is 0 Å². The van der Waals surface area contributed by atoms with Gasteiger partial charge in [0.15, 0.2) is 9.84 Å². The molecule has 1 unspecified atom stereocenters. The summed E-state index contributed by atoms with van der Waals surface area (Å²) in [5.41, 5.74) is -0.655. The molecule has 0 radical (unpaired) electrons. The van der Waals surface area contributed by atoms with Crippen LogP contribution in [0.4, 0.5) is 0 Å². The van der Waals surface area contributed by atoms with Gasteiger partial charge >= 0.3 is 0 Å². The Bertz CT molecular complexity index is 629. The first kappa shape index (κ1) is 14.1. The van der Waals surface area contributed by atoms with Gasteiger partial charge in [0.25, 0.3) is 5.91 Å². The molecular formula is C12H14ClNO4S. The van der Waals surface area contributed by atoms with Crippen molar-refractivity contribution in [3.05, 3.63) is 28.8 Å². The summed E-state index contributed by atoms with van der Waals surface area (Å²) < 4.78 is 22.9. The molecule has 0 bridgehead atoms. The molecule has 5 nitrogen and oxygen atoms in total. The highest BCUT2D eigenvalue weighted by molar-refractivity contribution is 7.91. The summed E-state index contributed by atoms with van der Waals surface area (Å²) in [6.45, 7) is 1.69. The Labute approximate surface area is 116 Å². The van der Waals surface area contributed by atoms with Crippen LogP contribution in [-0.2, 0) is 9.84 Å². The molecule has 0 aliphatic carbocycles. The quantitative estimate of drug-likeness (QED) is 0.864. The van der Waals surface area contributed by atoms with Gasteiger partial charge < -0.3 is 10.4 Å². The number of aromatic hydroxyl groups is 1. The first-order chi connectivity index (χ1) is 8.71. The molecule has 0 spiro atoms. The Morgan fingerprint density at radius 2 is 2.16 bits per heavy atom. The normalized spacial score (nSPS) is 25.2. The van der Waals surface area contributed by atoms with E-state index >= 15 is 0 Å². The molecule has 1 amide bonds. The topological polar surface area (TPSA) is 83.5 Å². The average molecular weight is 304 g/mol. The van der Waals surface area contributed by atoms with Gasteiger partial charge in [-0.15, -0.1) is 0 Å². The van der Waals surface area contributed by atoms with E-state index in [-0.39, 0.29) is 27.8 Å². The summed E-state index contributed by atoms with van der Waals surface area (Å²) in [7, 11) is -3.10. The summed E-state index contributed by atoms with van der Waals surface area (Å²) in [5.74, 6) is -0.570. The number of sulfone groups is 1. The maximum atomic E-state index is 12.1. The lowest BCUT2D eigenvalue weighted by Crippen LogP contribution is -2.47. The van der Waals surface area contributed by atoms with Crippen LogP contribution in [0.1, 0.15) is 23.7 Å². The molecule has 2 rings (SSSR count). The second-order valence-electron chi connectivity index (χ2n) is 5.02. The van der Waals surface area contributed by atoms with Gasteiger partial charge in [0.05, 0.1) is 27.6 Å². The van der Waals surface area contributed by atoms with Crippen LogP contribution in [0.2, 0.25) is 5.02 Å². The Balaban J connectivity index is 2.20. The SMILES string of the molecule is CC1(NC(=O)c2cc(O)ccc2Cl)CCS(=O)(=O)C1. The number of carbonyl (C=O) groups excluding carboxylic acids is 1. The van der Waals surface area contributed by atoms with Gasteiger partial charge in [-0.3, -0.25) is 4.79 Å². The first-order valence-electron chi connectivity index (χ1n) is 5.72. The fourth-order valence-electron chi connectivity index (χ4n) is 2.14. The summed E-state index contributed by atoms with van der Waals surface area (Å²) in [6, 6.07) is 4.05. The molecule has 19 heavy (non-hydrogen) atoms. The zero-order valence-corrected chi connectivity index (χ0v) is 11.9. The Kier molecular flexibility index (Phi) is 3.49. The number of nitrogens with one attached hydrogen (secondary N) is 1. The van der Waals surface area contributed by atoms with Gasteiger partial charge in [0.1, 0.15) is 5.75 Å². The molecule has 1 aromatic carbocycles. The molecule has 1 heterocycles. The Morgan fingerprint density at radius 3 is 2.74 bits per heavy atom. The van der Waals surface area contributed by atoms with E-state index in [4.69, 9.17) is 11.6 Å². The lowest BCUT2D eigenvalue weighted by atomic mass is 10.0. The standard InChI is InChI=1S/C12H14ClNO4S/c1-12(4-5-19(17,18)7-12)14-11(16)9-6-8(15)2-3-10(9)13/h2-3,6,15H,4-5,7H2,1H3,(H,14,16). The van der Waals surface area contributed by atoms with Gasteiger partial charge in [-0.05, 0) is 31.5 Å². The number of amides is 1. The van der Waals surface area contributed by atoms with E-state index in [0.29, 0.717) is 6.42 Å². The molecule has 0 aromatic heterocycles. The average Bonchev–Trinajstić information content (AvgIpc) is 2.56. The van der Waals surface area contributed by atoms with E-state index in [1.807, 2.05) is 0 Å². The molecule has 104 valence electrons. The molecule has 7 heteroatoms. The summed E-state index contributed by atoms with van der Waals surface area (Å²) in [6.07, 6.45) is 0.373. The number of carbonyl (C=O) groups is 1. The van der Waals surface area contributed by atoms with Crippen molar-refractivity contribution in [3.8, 4) is 5.75 Å². The van der Waals surface area contributed by atoms with E-state index < -0.39 is 21.3 Å². The molecule has 1 fully saturated rings. The molecule has 1 atom stereocenters. The molecule has 0 saturated carbocycles. The van der Waals surface area contributed by atoms with E-state index in [1.54, 1.807) is 6.92 Å². The predicted molar refractivity (Wildman–Crippen MR) is 72.3 cm³/mol.